The molecule has 1 saturated carbocycles. The molecule has 5 nitrogen and oxygen atoms in total. The van der Waals surface area contributed by atoms with Crippen LogP contribution in [-0.2, 0) is 13.6 Å². The van der Waals surface area contributed by atoms with E-state index in [4.69, 9.17) is 21.4 Å². The lowest BCUT2D eigenvalue weighted by Crippen LogP contribution is -2.36. The summed E-state index contributed by atoms with van der Waals surface area (Å²) in [5.74, 6) is 2.20. The summed E-state index contributed by atoms with van der Waals surface area (Å²) >= 11 is 6.39. The number of para-hydroxylation sites is 1. The first kappa shape index (κ1) is 22.8. The van der Waals surface area contributed by atoms with Gasteiger partial charge in [-0.1, -0.05) is 67.9 Å². The Kier molecular flexibility index (Phi) is 7.19. The fourth-order valence-corrected chi connectivity index (χ4v) is 4.02. The molecule has 1 aromatic heterocycles. The molecule has 3 aromatic rings. The summed E-state index contributed by atoms with van der Waals surface area (Å²) in [6.07, 6.45) is 2.14. The topological polar surface area (TPSA) is 50.5 Å². The van der Waals surface area contributed by atoms with Crippen LogP contribution in [0, 0.1) is 11.8 Å². The maximum atomic E-state index is 10.6. The van der Waals surface area contributed by atoms with Gasteiger partial charge in [0.1, 0.15) is 11.4 Å². The van der Waals surface area contributed by atoms with Gasteiger partial charge in [-0.15, -0.1) is 0 Å². The summed E-state index contributed by atoms with van der Waals surface area (Å²) in [6.45, 7) is 6.37. The van der Waals surface area contributed by atoms with Crippen LogP contribution in [0.25, 0.3) is 11.3 Å². The van der Waals surface area contributed by atoms with E-state index in [1.54, 1.807) is 4.68 Å². The molecule has 1 aliphatic carbocycles. The molecule has 2 aromatic carbocycles. The molecule has 1 aliphatic rings. The highest BCUT2D eigenvalue weighted by atomic mass is 35.5. The molecule has 1 atom stereocenters. The summed E-state index contributed by atoms with van der Waals surface area (Å²) in [6, 6.07) is 17.7. The number of aliphatic hydroxyl groups is 1. The molecular formula is C26H32ClN3O2. The van der Waals surface area contributed by atoms with Crippen molar-refractivity contribution in [2.75, 3.05) is 13.1 Å². The van der Waals surface area contributed by atoms with Gasteiger partial charge in [-0.05, 0) is 36.8 Å². The van der Waals surface area contributed by atoms with E-state index in [9.17, 15) is 5.11 Å². The minimum absolute atomic E-state index is 0.207. The number of nitrogens with zero attached hydrogens (tertiary/aromatic N) is 3. The number of benzene rings is 2. The fourth-order valence-electron chi connectivity index (χ4n) is 3.85. The molecule has 0 spiro atoms. The molecule has 32 heavy (non-hydrogen) atoms. The molecule has 0 bridgehead atoms. The Hall–Kier alpha value is -2.34. The molecule has 0 saturated heterocycles. The summed E-state index contributed by atoms with van der Waals surface area (Å²) in [5.41, 5.74) is 2.95. The Morgan fingerprint density at radius 1 is 1.12 bits per heavy atom. The molecular weight excluding hydrogens is 422 g/mol. The molecule has 6 heteroatoms. The van der Waals surface area contributed by atoms with Gasteiger partial charge in [-0.2, -0.15) is 5.10 Å². The Balaban J connectivity index is 1.72. The number of aryl methyl sites for hydroxylation is 1. The normalized spacial score (nSPS) is 14.8. The van der Waals surface area contributed by atoms with Crippen molar-refractivity contribution in [1.82, 2.24) is 14.7 Å². The summed E-state index contributed by atoms with van der Waals surface area (Å²) in [7, 11) is 1.90. The number of halogens is 1. The Bertz CT molecular complexity index is 1030. The largest absolute Gasteiger partial charge is 0.437 e. The summed E-state index contributed by atoms with van der Waals surface area (Å²) in [5, 5.41) is 16.0. The van der Waals surface area contributed by atoms with Crippen LogP contribution in [0.4, 0.5) is 0 Å². The zero-order valence-electron chi connectivity index (χ0n) is 19.0. The van der Waals surface area contributed by atoms with E-state index in [0.29, 0.717) is 35.7 Å². The zero-order valence-corrected chi connectivity index (χ0v) is 19.8. The van der Waals surface area contributed by atoms with E-state index in [1.165, 1.54) is 12.8 Å². The van der Waals surface area contributed by atoms with Crippen LogP contribution in [0.5, 0.6) is 11.6 Å². The number of ether oxygens (including phenoxy) is 1. The number of aliphatic hydroxyl groups excluding tert-OH is 1. The van der Waals surface area contributed by atoms with Crippen molar-refractivity contribution in [2.24, 2.45) is 18.9 Å². The lowest BCUT2D eigenvalue weighted by molar-refractivity contribution is 0.0709. The van der Waals surface area contributed by atoms with E-state index >= 15 is 0 Å². The molecule has 1 fully saturated rings. The second-order valence-electron chi connectivity index (χ2n) is 9.10. The molecule has 0 radical (unpaired) electrons. The molecule has 1 unspecified atom stereocenters. The average molecular weight is 454 g/mol. The second kappa shape index (κ2) is 10.1. The Labute approximate surface area is 195 Å². The maximum absolute atomic E-state index is 10.6. The zero-order chi connectivity index (χ0) is 22.7. The highest BCUT2D eigenvalue weighted by Crippen LogP contribution is 2.37. The summed E-state index contributed by atoms with van der Waals surface area (Å²) < 4.78 is 8.11. The van der Waals surface area contributed by atoms with Crippen LogP contribution < -0.4 is 4.74 Å². The lowest BCUT2D eigenvalue weighted by atomic mass is 10.0. The molecule has 4 rings (SSSR count). The Morgan fingerprint density at radius 2 is 1.81 bits per heavy atom. The first-order chi connectivity index (χ1) is 15.4. The van der Waals surface area contributed by atoms with Crippen LogP contribution in [-0.4, -0.2) is 39.0 Å². The van der Waals surface area contributed by atoms with Gasteiger partial charge < -0.3 is 9.84 Å². The van der Waals surface area contributed by atoms with Crippen molar-refractivity contribution in [3.63, 3.8) is 0 Å². The van der Waals surface area contributed by atoms with Crippen molar-refractivity contribution < 1.29 is 9.84 Å². The van der Waals surface area contributed by atoms with Gasteiger partial charge >= 0.3 is 0 Å². The van der Waals surface area contributed by atoms with E-state index in [2.05, 4.69) is 30.9 Å². The number of hydrogen-bond donors (Lipinski definition) is 1. The number of rotatable bonds is 10. The van der Waals surface area contributed by atoms with Gasteiger partial charge in [-0.25, -0.2) is 4.68 Å². The average Bonchev–Trinajstić information content (AvgIpc) is 3.54. The molecule has 0 amide bonds. The van der Waals surface area contributed by atoms with Crippen LogP contribution in [0.2, 0.25) is 5.02 Å². The van der Waals surface area contributed by atoms with E-state index < -0.39 is 0 Å². The lowest BCUT2D eigenvalue weighted by Gasteiger charge is -2.27. The quantitative estimate of drug-likeness (QED) is 0.424. The predicted molar refractivity (Wildman–Crippen MR) is 129 cm³/mol. The van der Waals surface area contributed by atoms with Crippen molar-refractivity contribution in [2.45, 2.75) is 39.3 Å². The van der Waals surface area contributed by atoms with Gasteiger partial charge in [0.2, 0.25) is 5.88 Å². The standard InChI is InChI=1S/C26H32ClN3O2/c1-18(2)23(31)17-30(15-19-13-14-19)16-21-25(20-9-5-4-6-10-20)28-29(3)26(21)32-24-12-8-7-11-22(24)27/h4-12,18-19,23,31H,13-17H2,1-3H3. The first-order valence-electron chi connectivity index (χ1n) is 11.4. The minimum Gasteiger partial charge on any atom is -0.437 e. The third kappa shape index (κ3) is 5.52. The third-order valence-electron chi connectivity index (χ3n) is 5.99. The highest BCUT2D eigenvalue weighted by Gasteiger charge is 2.29. The minimum atomic E-state index is -0.376. The second-order valence-corrected chi connectivity index (χ2v) is 9.51. The molecule has 1 N–H and O–H groups in total. The van der Waals surface area contributed by atoms with E-state index in [-0.39, 0.29) is 12.0 Å². The predicted octanol–water partition coefficient (Wildman–Crippen LogP) is 5.76. The highest BCUT2D eigenvalue weighted by molar-refractivity contribution is 6.32. The SMILES string of the molecule is CC(C)C(O)CN(Cc1c(-c2ccccc2)nn(C)c1Oc1ccccc1Cl)CC1CC1. The van der Waals surface area contributed by atoms with Crippen molar-refractivity contribution in [3.05, 3.63) is 65.2 Å². The molecule has 170 valence electrons. The van der Waals surface area contributed by atoms with Gasteiger partial charge in [0.05, 0.1) is 16.7 Å². The molecule has 1 heterocycles. The van der Waals surface area contributed by atoms with Gasteiger partial charge in [0.25, 0.3) is 0 Å². The Morgan fingerprint density at radius 3 is 2.47 bits per heavy atom. The van der Waals surface area contributed by atoms with Crippen LogP contribution in [0.1, 0.15) is 32.3 Å². The van der Waals surface area contributed by atoms with Crippen molar-refractivity contribution in [3.8, 4) is 22.9 Å². The monoisotopic (exact) mass is 453 g/mol. The first-order valence-corrected chi connectivity index (χ1v) is 11.7. The van der Waals surface area contributed by atoms with Gasteiger partial charge in [0, 0.05) is 32.2 Å². The van der Waals surface area contributed by atoms with Crippen LogP contribution in [0.15, 0.2) is 54.6 Å². The molecule has 0 aliphatic heterocycles. The van der Waals surface area contributed by atoms with E-state index in [1.807, 2.05) is 49.5 Å². The smallest absolute Gasteiger partial charge is 0.222 e. The van der Waals surface area contributed by atoms with Crippen molar-refractivity contribution in [1.29, 1.82) is 0 Å². The maximum Gasteiger partial charge on any atom is 0.222 e. The van der Waals surface area contributed by atoms with Gasteiger partial charge in [-0.3, -0.25) is 4.90 Å². The number of aromatic nitrogens is 2. The van der Waals surface area contributed by atoms with Crippen LogP contribution in [0.3, 0.4) is 0 Å². The van der Waals surface area contributed by atoms with Crippen molar-refractivity contribution >= 4 is 11.6 Å². The van der Waals surface area contributed by atoms with Crippen LogP contribution >= 0.6 is 11.6 Å². The summed E-state index contributed by atoms with van der Waals surface area (Å²) in [4.78, 5) is 2.35. The number of hydrogen-bond acceptors (Lipinski definition) is 4. The van der Waals surface area contributed by atoms with E-state index in [0.717, 1.165) is 23.4 Å². The fraction of sp³-hybridized carbons (Fsp3) is 0.423. The third-order valence-corrected chi connectivity index (χ3v) is 6.30. The van der Waals surface area contributed by atoms with Gasteiger partial charge in [0.15, 0.2) is 0 Å².